The number of benzene rings is 2. The van der Waals surface area contributed by atoms with E-state index in [0.717, 1.165) is 17.7 Å². The van der Waals surface area contributed by atoms with E-state index >= 15 is 0 Å². The molecule has 162 valence electrons. The summed E-state index contributed by atoms with van der Waals surface area (Å²) >= 11 is 0. The highest BCUT2D eigenvalue weighted by Crippen LogP contribution is 2.19. The summed E-state index contributed by atoms with van der Waals surface area (Å²) in [5.74, 6) is -0.554. The van der Waals surface area contributed by atoms with Crippen LogP contribution >= 0.6 is 0 Å². The maximum Gasteiger partial charge on any atom is 0.243 e. The van der Waals surface area contributed by atoms with Crippen LogP contribution in [0.15, 0.2) is 59.5 Å². The molecule has 0 bridgehead atoms. The standard InChI is InChI=1S/C22H28FN3O3S/c1-17(19-7-4-3-5-8-19)24-22(27)18(2)25-13-6-14-26(16-15-25)30(28,29)21-11-9-20(23)10-12-21/h3-5,7-12,17-18H,6,13-16H2,1-2H3,(H,24,27)/t17-,18-/m1/s1. The van der Waals surface area contributed by atoms with Gasteiger partial charge in [-0.25, -0.2) is 12.8 Å². The summed E-state index contributed by atoms with van der Waals surface area (Å²) in [4.78, 5) is 14.8. The van der Waals surface area contributed by atoms with Crippen molar-refractivity contribution >= 4 is 15.9 Å². The molecular weight excluding hydrogens is 405 g/mol. The third-order valence-corrected chi connectivity index (χ3v) is 7.44. The van der Waals surface area contributed by atoms with Crippen LogP contribution in [0.3, 0.4) is 0 Å². The van der Waals surface area contributed by atoms with Gasteiger partial charge in [-0.2, -0.15) is 4.31 Å². The molecule has 30 heavy (non-hydrogen) atoms. The first kappa shape index (κ1) is 22.4. The average molecular weight is 434 g/mol. The lowest BCUT2D eigenvalue weighted by molar-refractivity contribution is -0.126. The second kappa shape index (κ2) is 9.68. The van der Waals surface area contributed by atoms with Crippen LogP contribution in [0, 0.1) is 5.82 Å². The SMILES string of the molecule is C[C@H](C(=O)N[C@H](C)c1ccccc1)N1CCCN(S(=O)(=O)c2ccc(F)cc2)CC1. The van der Waals surface area contributed by atoms with Gasteiger partial charge in [0.15, 0.2) is 0 Å². The third kappa shape index (κ3) is 5.24. The number of carbonyl (C=O) groups is 1. The Labute approximate surface area is 177 Å². The van der Waals surface area contributed by atoms with Gasteiger partial charge >= 0.3 is 0 Å². The minimum Gasteiger partial charge on any atom is -0.348 e. The summed E-state index contributed by atoms with van der Waals surface area (Å²) in [6, 6.07) is 14.1. The molecule has 0 unspecified atom stereocenters. The van der Waals surface area contributed by atoms with Crippen molar-refractivity contribution in [2.45, 2.75) is 37.2 Å². The van der Waals surface area contributed by atoms with E-state index in [1.807, 2.05) is 49.1 Å². The van der Waals surface area contributed by atoms with E-state index in [1.54, 1.807) is 0 Å². The van der Waals surface area contributed by atoms with E-state index in [1.165, 1.54) is 16.4 Å². The Bertz CT molecular complexity index is 951. The normalized spacial score (nSPS) is 18.4. The Hall–Kier alpha value is -2.29. The molecule has 1 aliphatic rings. The zero-order chi connectivity index (χ0) is 21.7. The number of halogens is 1. The largest absolute Gasteiger partial charge is 0.348 e. The summed E-state index contributed by atoms with van der Waals surface area (Å²) in [5, 5.41) is 3.04. The van der Waals surface area contributed by atoms with Crippen molar-refractivity contribution in [2.75, 3.05) is 26.2 Å². The molecule has 1 aliphatic heterocycles. The Morgan fingerprint density at radius 1 is 0.967 bits per heavy atom. The third-order valence-electron chi connectivity index (χ3n) is 5.53. The van der Waals surface area contributed by atoms with E-state index in [2.05, 4.69) is 5.32 Å². The van der Waals surface area contributed by atoms with Crippen LogP contribution in [-0.4, -0.2) is 55.8 Å². The molecule has 1 saturated heterocycles. The van der Waals surface area contributed by atoms with Crippen molar-refractivity contribution in [1.82, 2.24) is 14.5 Å². The molecule has 1 heterocycles. The molecule has 0 radical (unpaired) electrons. The van der Waals surface area contributed by atoms with Crippen molar-refractivity contribution in [3.8, 4) is 0 Å². The number of carbonyl (C=O) groups excluding carboxylic acids is 1. The molecule has 2 atom stereocenters. The lowest BCUT2D eigenvalue weighted by Crippen LogP contribution is -2.47. The van der Waals surface area contributed by atoms with Crippen LogP contribution in [0.2, 0.25) is 0 Å². The maximum atomic E-state index is 13.1. The highest BCUT2D eigenvalue weighted by molar-refractivity contribution is 7.89. The van der Waals surface area contributed by atoms with E-state index < -0.39 is 15.8 Å². The van der Waals surface area contributed by atoms with Crippen LogP contribution in [-0.2, 0) is 14.8 Å². The van der Waals surface area contributed by atoms with Gasteiger partial charge in [0.05, 0.1) is 17.0 Å². The van der Waals surface area contributed by atoms with Gasteiger partial charge in [0, 0.05) is 26.2 Å². The number of nitrogens with zero attached hydrogens (tertiary/aromatic N) is 2. The van der Waals surface area contributed by atoms with E-state index in [9.17, 15) is 17.6 Å². The van der Waals surface area contributed by atoms with Gasteiger partial charge in [-0.15, -0.1) is 0 Å². The fourth-order valence-electron chi connectivity index (χ4n) is 3.62. The number of nitrogens with one attached hydrogen (secondary N) is 1. The summed E-state index contributed by atoms with van der Waals surface area (Å²) in [7, 11) is -3.69. The van der Waals surface area contributed by atoms with Crippen LogP contribution in [0.4, 0.5) is 4.39 Å². The molecule has 3 rings (SSSR count). The van der Waals surface area contributed by atoms with Gasteiger partial charge < -0.3 is 5.32 Å². The molecule has 0 aromatic heterocycles. The summed E-state index contributed by atoms with van der Waals surface area (Å²) in [6.07, 6.45) is 0.617. The number of rotatable bonds is 6. The zero-order valence-electron chi connectivity index (χ0n) is 17.3. The molecule has 6 nitrogen and oxygen atoms in total. The Kier molecular flexibility index (Phi) is 7.23. The van der Waals surface area contributed by atoms with Crippen LogP contribution < -0.4 is 5.32 Å². The van der Waals surface area contributed by atoms with E-state index in [0.29, 0.717) is 26.1 Å². The second-order valence-corrected chi connectivity index (χ2v) is 9.50. The molecule has 2 aromatic rings. The van der Waals surface area contributed by atoms with E-state index in [4.69, 9.17) is 0 Å². The molecule has 0 spiro atoms. The average Bonchev–Trinajstić information content (AvgIpc) is 3.01. The Balaban J connectivity index is 1.61. The van der Waals surface area contributed by atoms with Crippen LogP contribution in [0.5, 0.6) is 0 Å². The second-order valence-electron chi connectivity index (χ2n) is 7.56. The minimum absolute atomic E-state index is 0.0822. The molecule has 2 aromatic carbocycles. The summed E-state index contributed by atoms with van der Waals surface area (Å²) in [6.45, 7) is 5.52. The summed E-state index contributed by atoms with van der Waals surface area (Å²) < 4.78 is 40.3. The molecule has 1 N–H and O–H groups in total. The lowest BCUT2D eigenvalue weighted by Gasteiger charge is -2.28. The fraction of sp³-hybridized carbons (Fsp3) is 0.409. The zero-order valence-corrected chi connectivity index (χ0v) is 18.1. The van der Waals surface area contributed by atoms with Crippen molar-refractivity contribution in [3.05, 3.63) is 66.0 Å². The van der Waals surface area contributed by atoms with Gasteiger partial charge in [0.2, 0.25) is 15.9 Å². The monoisotopic (exact) mass is 433 g/mol. The predicted molar refractivity (Wildman–Crippen MR) is 114 cm³/mol. The number of hydrogen-bond acceptors (Lipinski definition) is 4. The van der Waals surface area contributed by atoms with Crippen molar-refractivity contribution in [1.29, 1.82) is 0 Å². The first-order valence-corrected chi connectivity index (χ1v) is 11.6. The first-order chi connectivity index (χ1) is 14.3. The maximum absolute atomic E-state index is 13.1. The quantitative estimate of drug-likeness (QED) is 0.761. The van der Waals surface area contributed by atoms with Crippen molar-refractivity contribution < 1.29 is 17.6 Å². The molecule has 0 saturated carbocycles. The fourth-order valence-corrected chi connectivity index (χ4v) is 5.09. The van der Waals surface area contributed by atoms with Gasteiger partial charge in [-0.1, -0.05) is 30.3 Å². The van der Waals surface area contributed by atoms with Crippen molar-refractivity contribution in [2.24, 2.45) is 0 Å². The van der Waals surface area contributed by atoms with Crippen LogP contribution in [0.25, 0.3) is 0 Å². The van der Waals surface area contributed by atoms with E-state index in [-0.39, 0.29) is 29.4 Å². The van der Waals surface area contributed by atoms with Gasteiger partial charge in [0.1, 0.15) is 5.82 Å². The predicted octanol–water partition coefficient (Wildman–Crippen LogP) is 2.79. The van der Waals surface area contributed by atoms with Gasteiger partial charge in [-0.3, -0.25) is 9.69 Å². The smallest absolute Gasteiger partial charge is 0.243 e. The number of sulfonamides is 1. The summed E-state index contributed by atoms with van der Waals surface area (Å²) in [5.41, 5.74) is 1.03. The molecule has 0 aliphatic carbocycles. The van der Waals surface area contributed by atoms with Crippen LogP contribution in [0.1, 0.15) is 31.9 Å². The van der Waals surface area contributed by atoms with Crippen molar-refractivity contribution in [3.63, 3.8) is 0 Å². The highest BCUT2D eigenvalue weighted by Gasteiger charge is 2.30. The Morgan fingerprint density at radius 3 is 2.30 bits per heavy atom. The molecule has 8 heteroatoms. The number of amides is 1. The highest BCUT2D eigenvalue weighted by atomic mass is 32.2. The molecular formula is C22H28FN3O3S. The van der Waals surface area contributed by atoms with Gasteiger partial charge in [-0.05, 0) is 50.1 Å². The molecule has 1 amide bonds. The first-order valence-electron chi connectivity index (χ1n) is 10.1. The molecule has 1 fully saturated rings. The lowest BCUT2D eigenvalue weighted by atomic mass is 10.1. The minimum atomic E-state index is -3.69. The van der Waals surface area contributed by atoms with Gasteiger partial charge in [0.25, 0.3) is 0 Å². The Morgan fingerprint density at radius 2 is 1.63 bits per heavy atom. The number of hydrogen-bond donors (Lipinski definition) is 1. The topological polar surface area (TPSA) is 69.7 Å².